The molecule has 25 heavy (non-hydrogen) atoms. The van der Waals surface area contributed by atoms with Crippen molar-refractivity contribution in [3.05, 3.63) is 71.5 Å². The quantitative estimate of drug-likeness (QED) is 0.840. The van der Waals surface area contributed by atoms with Gasteiger partial charge >= 0.3 is 5.97 Å². The van der Waals surface area contributed by atoms with E-state index >= 15 is 0 Å². The van der Waals surface area contributed by atoms with Crippen LogP contribution in [0.5, 0.6) is 0 Å². The number of halogens is 1. The summed E-state index contributed by atoms with van der Waals surface area (Å²) in [5.74, 6) is -2.10. The van der Waals surface area contributed by atoms with Gasteiger partial charge in [-0.1, -0.05) is 49.4 Å². The van der Waals surface area contributed by atoms with Gasteiger partial charge in [-0.05, 0) is 29.7 Å². The van der Waals surface area contributed by atoms with Gasteiger partial charge in [-0.25, -0.2) is 9.18 Å². The van der Waals surface area contributed by atoms with Crippen molar-refractivity contribution in [1.82, 2.24) is 4.90 Å². The first kappa shape index (κ1) is 18.6. The van der Waals surface area contributed by atoms with Crippen LogP contribution in [0.2, 0.25) is 0 Å². The number of aliphatic carboxylic acids is 1. The molecule has 0 aliphatic rings. The molecule has 2 unspecified atom stereocenters. The summed E-state index contributed by atoms with van der Waals surface area (Å²) in [5, 5.41) is 9.52. The smallest absolute Gasteiger partial charge is 0.326 e. The van der Waals surface area contributed by atoms with Crippen LogP contribution in [0.1, 0.15) is 18.1 Å². The van der Waals surface area contributed by atoms with Crippen LogP contribution in [0.3, 0.4) is 0 Å². The molecule has 0 aliphatic heterocycles. The van der Waals surface area contributed by atoms with Gasteiger partial charge in [-0.3, -0.25) is 4.79 Å². The van der Waals surface area contributed by atoms with Gasteiger partial charge in [-0.15, -0.1) is 0 Å². The summed E-state index contributed by atoms with van der Waals surface area (Å²) < 4.78 is 13.3. The fraction of sp³-hybridized carbons (Fsp3) is 0.300. The number of benzene rings is 2. The van der Waals surface area contributed by atoms with Crippen LogP contribution < -0.4 is 0 Å². The third-order valence-corrected chi connectivity index (χ3v) is 4.22. The van der Waals surface area contributed by atoms with Crippen molar-refractivity contribution >= 4 is 11.9 Å². The van der Waals surface area contributed by atoms with Crippen LogP contribution in [-0.4, -0.2) is 35.0 Å². The number of rotatable bonds is 7. The monoisotopic (exact) mass is 343 g/mol. The van der Waals surface area contributed by atoms with Gasteiger partial charge in [0.15, 0.2) is 0 Å². The van der Waals surface area contributed by atoms with Crippen LogP contribution in [0, 0.1) is 11.7 Å². The molecule has 0 spiro atoms. The van der Waals surface area contributed by atoms with E-state index in [4.69, 9.17) is 0 Å². The summed E-state index contributed by atoms with van der Waals surface area (Å²) in [6, 6.07) is 14.4. The Labute approximate surface area is 146 Å². The molecule has 2 rings (SSSR count). The highest BCUT2D eigenvalue weighted by atomic mass is 19.1. The lowest BCUT2D eigenvalue weighted by Gasteiger charge is -2.27. The molecule has 132 valence electrons. The van der Waals surface area contributed by atoms with Gasteiger partial charge in [0.1, 0.15) is 11.9 Å². The van der Waals surface area contributed by atoms with Crippen molar-refractivity contribution in [2.75, 3.05) is 7.05 Å². The van der Waals surface area contributed by atoms with Crippen molar-refractivity contribution < 1.29 is 19.1 Å². The second kappa shape index (κ2) is 8.42. The zero-order valence-corrected chi connectivity index (χ0v) is 14.4. The van der Waals surface area contributed by atoms with Crippen LogP contribution >= 0.6 is 0 Å². The van der Waals surface area contributed by atoms with Gasteiger partial charge in [0, 0.05) is 19.4 Å². The highest BCUT2D eigenvalue weighted by Crippen LogP contribution is 2.16. The molecule has 0 heterocycles. The molecule has 1 amide bonds. The number of hydrogen-bond acceptors (Lipinski definition) is 2. The number of likely N-dealkylation sites (N-methyl/N-ethyl adjacent to an activating group) is 1. The third kappa shape index (κ3) is 5.14. The molecule has 5 heteroatoms. The van der Waals surface area contributed by atoms with Crippen LogP contribution in [-0.2, 0) is 22.4 Å². The van der Waals surface area contributed by atoms with E-state index in [0.29, 0.717) is 12.0 Å². The zero-order valence-electron chi connectivity index (χ0n) is 14.4. The van der Waals surface area contributed by atoms with E-state index in [-0.39, 0.29) is 18.1 Å². The van der Waals surface area contributed by atoms with Gasteiger partial charge in [0.2, 0.25) is 5.91 Å². The molecule has 0 aliphatic carbocycles. The van der Waals surface area contributed by atoms with E-state index in [1.165, 1.54) is 24.1 Å². The topological polar surface area (TPSA) is 57.6 Å². The SMILES string of the molecule is CC(Cc1cccc(F)c1)C(=O)N(C)C(Cc1ccccc1)C(=O)O. The van der Waals surface area contributed by atoms with Crippen LogP contribution in [0.4, 0.5) is 4.39 Å². The lowest BCUT2D eigenvalue weighted by molar-refractivity contribution is -0.150. The summed E-state index contributed by atoms with van der Waals surface area (Å²) in [4.78, 5) is 25.5. The maximum Gasteiger partial charge on any atom is 0.326 e. The maximum atomic E-state index is 13.3. The first-order valence-corrected chi connectivity index (χ1v) is 8.16. The van der Waals surface area contributed by atoms with E-state index < -0.39 is 17.9 Å². The van der Waals surface area contributed by atoms with Gasteiger partial charge in [-0.2, -0.15) is 0 Å². The second-order valence-electron chi connectivity index (χ2n) is 6.23. The Morgan fingerprint density at radius 1 is 1.04 bits per heavy atom. The Balaban J connectivity index is 2.08. The Bertz CT molecular complexity index is 733. The van der Waals surface area contributed by atoms with Crippen LogP contribution in [0.15, 0.2) is 54.6 Å². The lowest BCUT2D eigenvalue weighted by atomic mass is 9.98. The minimum Gasteiger partial charge on any atom is -0.480 e. The Morgan fingerprint density at radius 2 is 1.68 bits per heavy atom. The standard InChI is InChI=1S/C20H22FNO3/c1-14(11-16-9-6-10-17(21)12-16)19(23)22(2)18(20(24)25)13-15-7-4-3-5-8-15/h3-10,12,14,18H,11,13H2,1-2H3,(H,24,25). The molecule has 0 aromatic heterocycles. The molecule has 0 saturated carbocycles. The van der Waals surface area contributed by atoms with Gasteiger partial charge in [0.05, 0.1) is 0 Å². The molecule has 0 bridgehead atoms. The normalized spacial score (nSPS) is 13.1. The minimum absolute atomic E-state index is 0.241. The fourth-order valence-corrected chi connectivity index (χ4v) is 2.83. The average Bonchev–Trinajstić information content (AvgIpc) is 2.59. The molecule has 2 aromatic rings. The Hall–Kier alpha value is -2.69. The van der Waals surface area contributed by atoms with E-state index in [1.807, 2.05) is 30.3 Å². The number of nitrogens with zero attached hydrogens (tertiary/aromatic N) is 1. The molecule has 0 saturated heterocycles. The molecule has 1 N–H and O–H groups in total. The number of carbonyl (C=O) groups is 2. The average molecular weight is 343 g/mol. The highest BCUT2D eigenvalue weighted by Gasteiger charge is 2.29. The maximum absolute atomic E-state index is 13.3. The molecule has 0 fully saturated rings. The largest absolute Gasteiger partial charge is 0.480 e. The summed E-state index contributed by atoms with van der Waals surface area (Å²) in [6.07, 6.45) is 0.601. The van der Waals surface area contributed by atoms with Crippen molar-refractivity contribution in [3.63, 3.8) is 0 Å². The van der Waals surface area contributed by atoms with Crippen molar-refractivity contribution in [2.45, 2.75) is 25.8 Å². The summed E-state index contributed by atoms with van der Waals surface area (Å²) >= 11 is 0. The second-order valence-corrected chi connectivity index (χ2v) is 6.23. The van der Waals surface area contributed by atoms with Crippen molar-refractivity contribution in [3.8, 4) is 0 Å². The molecular formula is C20H22FNO3. The summed E-state index contributed by atoms with van der Waals surface area (Å²) in [7, 11) is 1.51. The first-order chi connectivity index (χ1) is 11.9. The molecule has 4 nitrogen and oxygen atoms in total. The summed E-state index contributed by atoms with van der Waals surface area (Å²) in [6.45, 7) is 1.73. The first-order valence-electron chi connectivity index (χ1n) is 8.16. The van der Waals surface area contributed by atoms with Crippen LogP contribution in [0.25, 0.3) is 0 Å². The predicted molar refractivity (Wildman–Crippen MR) is 93.6 cm³/mol. The molecule has 2 aromatic carbocycles. The lowest BCUT2D eigenvalue weighted by Crippen LogP contribution is -2.46. The molecule has 0 radical (unpaired) electrons. The fourth-order valence-electron chi connectivity index (χ4n) is 2.83. The number of carbonyl (C=O) groups excluding carboxylic acids is 1. The highest BCUT2D eigenvalue weighted by molar-refractivity contribution is 5.85. The van der Waals surface area contributed by atoms with E-state index in [1.54, 1.807) is 19.1 Å². The number of carboxylic acids is 1. The summed E-state index contributed by atoms with van der Waals surface area (Å²) in [5.41, 5.74) is 1.57. The van der Waals surface area contributed by atoms with Gasteiger partial charge in [0.25, 0.3) is 0 Å². The Morgan fingerprint density at radius 3 is 2.28 bits per heavy atom. The third-order valence-electron chi connectivity index (χ3n) is 4.22. The number of hydrogen-bond donors (Lipinski definition) is 1. The molecular weight excluding hydrogens is 321 g/mol. The van der Waals surface area contributed by atoms with Gasteiger partial charge < -0.3 is 10.0 Å². The number of amides is 1. The predicted octanol–water partition coefficient (Wildman–Crippen LogP) is 3.16. The zero-order chi connectivity index (χ0) is 18.4. The Kier molecular flexibility index (Phi) is 6.28. The van der Waals surface area contributed by atoms with Crippen molar-refractivity contribution in [1.29, 1.82) is 0 Å². The number of carboxylic acid groups (broad SMARTS) is 1. The van der Waals surface area contributed by atoms with E-state index in [2.05, 4.69) is 0 Å². The van der Waals surface area contributed by atoms with Crippen molar-refractivity contribution in [2.24, 2.45) is 5.92 Å². The van der Waals surface area contributed by atoms with E-state index in [9.17, 15) is 19.1 Å². The minimum atomic E-state index is -1.04. The van der Waals surface area contributed by atoms with E-state index in [0.717, 1.165) is 5.56 Å². The molecule has 2 atom stereocenters.